The molecule has 1 atom stereocenters. The summed E-state index contributed by atoms with van der Waals surface area (Å²) in [6, 6.07) is 17.7. The van der Waals surface area contributed by atoms with Crippen LogP contribution in [0.15, 0.2) is 66.9 Å². The van der Waals surface area contributed by atoms with Crippen LogP contribution in [0.1, 0.15) is 81.0 Å². The molecule has 1 fully saturated rings. The first kappa shape index (κ1) is 30.8. The Labute approximate surface area is 248 Å². The van der Waals surface area contributed by atoms with Crippen LogP contribution in [0.4, 0.5) is 11.5 Å². The summed E-state index contributed by atoms with van der Waals surface area (Å²) in [6.45, 7) is 6.47. The topological polar surface area (TPSA) is 101 Å². The second-order valence-electron chi connectivity index (χ2n) is 10.9. The molecular formula is C34H42N4O4. The van der Waals surface area contributed by atoms with Crippen molar-refractivity contribution in [3.63, 3.8) is 0 Å². The number of pyridine rings is 1. The molecule has 8 heteroatoms. The van der Waals surface area contributed by atoms with Crippen LogP contribution in [0.2, 0.25) is 0 Å². The zero-order valence-electron chi connectivity index (χ0n) is 24.9. The smallest absolute Gasteiger partial charge is 0.248 e. The van der Waals surface area contributed by atoms with Crippen molar-refractivity contribution in [2.24, 2.45) is 0 Å². The first-order valence-corrected chi connectivity index (χ1v) is 15.0. The first-order chi connectivity index (χ1) is 20.4. The number of carbonyl (C=O) groups is 3. The van der Waals surface area contributed by atoms with E-state index in [1.165, 1.54) is 6.42 Å². The molecule has 0 spiro atoms. The quantitative estimate of drug-likeness (QED) is 0.261. The van der Waals surface area contributed by atoms with E-state index in [9.17, 15) is 14.4 Å². The predicted molar refractivity (Wildman–Crippen MR) is 165 cm³/mol. The van der Waals surface area contributed by atoms with Crippen molar-refractivity contribution in [2.45, 2.75) is 84.2 Å². The van der Waals surface area contributed by atoms with E-state index in [2.05, 4.69) is 15.6 Å². The highest BCUT2D eigenvalue weighted by Crippen LogP contribution is 2.32. The van der Waals surface area contributed by atoms with E-state index in [1.807, 2.05) is 63.2 Å². The summed E-state index contributed by atoms with van der Waals surface area (Å²) in [5.74, 6) is 0.542. The van der Waals surface area contributed by atoms with Gasteiger partial charge in [-0.2, -0.15) is 0 Å². The lowest BCUT2D eigenvalue weighted by Gasteiger charge is -2.34. The van der Waals surface area contributed by atoms with Gasteiger partial charge in [0, 0.05) is 30.8 Å². The van der Waals surface area contributed by atoms with Crippen molar-refractivity contribution in [1.82, 2.24) is 10.3 Å². The molecule has 3 aromatic rings. The second-order valence-corrected chi connectivity index (χ2v) is 10.9. The minimum atomic E-state index is -0.875. The molecule has 1 aromatic heterocycles. The second kappa shape index (κ2) is 15.1. The number of aryl methyl sites for hydroxylation is 2. The zero-order valence-corrected chi connectivity index (χ0v) is 24.9. The van der Waals surface area contributed by atoms with Crippen LogP contribution in [0.5, 0.6) is 5.75 Å². The monoisotopic (exact) mass is 570 g/mol. The number of anilines is 2. The van der Waals surface area contributed by atoms with E-state index >= 15 is 0 Å². The summed E-state index contributed by atoms with van der Waals surface area (Å²) in [6.07, 6.45) is 7.42. The fraction of sp³-hybridized carbons (Fsp3) is 0.412. The lowest BCUT2D eigenvalue weighted by Crippen LogP contribution is -2.47. The van der Waals surface area contributed by atoms with Crippen LogP contribution in [-0.2, 0) is 14.4 Å². The molecule has 1 heterocycles. The Hall–Kier alpha value is -4.20. The number of amides is 3. The average molecular weight is 571 g/mol. The molecule has 2 N–H and O–H groups in total. The molecule has 0 bridgehead atoms. The standard InChI is InChI=1S/C34H42N4O4/c1-4-42-29-20-17-26(18-21-29)33(34(41)36-27-11-6-5-7-12-27)38(28-19-16-24(2)25(3)23-28)32(40)15-10-14-31(39)37-30-13-8-9-22-35-30/h8-9,13,16-23,27,33H,4-7,10-12,14-15H2,1-3H3,(H,36,41)(H,35,37,39)/t33-/m0/s1. The van der Waals surface area contributed by atoms with E-state index in [0.29, 0.717) is 35.8 Å². The molecule has 1 aliphatic carbocycles. The maximum absolute atomic E-state index is 14.1. The number of hydrogen-bond acceptors (Lipinski definition) is 5. The Morgan fingerprint density at radius 3 is 2.38 bits per heavy atom. The highest BCUT2D eigenvalue weighted by molar-refractivity contribution is 6.01. The number of hydrogen-bond donors (Lipinski definition) is 2. The van der Waals surface area contributed by atoms with Crippen molar-refractivity contribution < 1.29 is 19.1 Å². The highest BCUT2D eigenvalue weighted by Gasteiger charge is 2.34. The van der Waals surface area contributed by atoms with Crippen LogP contribution in [0, 0.1) is 13.8 Å². The van der Waals surface area contributed by atoms with Gasteiger partial charge in [0.2, 0.25) is 17.7 Å². The van der Waals surface area contributed by atoms with Gasteiger partial charge < -0.3 is 15.4 Å². The number of carbonyl (C=O) groups excluding carboxylic acids is 3. The number of ether oxygens (including phenoxy) is 1. The van der Waals surface area contributed by atoms with Gasteiger partial charge in [0.25, 0.3) is 0 Å². The Kier molecular flexibility index (Phi) is 11.1. The van der Waals surface area contributed by atoms with Gasteiger partial charge in [-0.25, -0.2) is 4.98 Å². The Morgan fingerprint density at radius 2 is 1.71 bits per heavy atom. The molecule has 0 saturated heterocycles. The number of nitrogens with zero attached hydrogens (tertiary/aromatic N) is 2. The third-order valence-electron chi connectivity index (χ3n) is 7.73. The largest absolute Gasteiger partial charge is 0.494 e. The summed E-state index contributed by atoms with van der Waals surface area (Å²) in [4.78, 5) is 46.4. The van der Waals surface area contributed by atoms with Crippen molar-refractivity contribution in [3.8, 4) is 5.75 Å². The number of nitrogens with one attached hydrogen (secondary N) is 2. The summed E-state index contributed by atoms with van der Waals surface area (Å²) in [7, 11) is 0. The molecule has 0 aliphatic heterocycles. The molecule has 42 heavy (non-hydrogen) atoms. The van der Waals surface area contributed by atoms with Gasteiger partial charge in [-0.15, -0.1) is 0 Å². The Balaban J connectivity index is 1.61. The van der Waals surface area contributed by atoms with E-state index in [1.54, 1.807) is 29.3 Å². The molecule has 8 nitrogen and oxygen atoms in total. The van der Waals surface area contributed by atoms with Gasteiger partial charge in [-0.05, 0) is 93.1 Å². The van der Waals surface area contributed by atoms with Crippen molar-refractivity contribution in [1.29, 1.82) is 0 Å². The average Bonchev–Trinajstić information content (AvgIpc) is 2.99. The maximum Gasteiger partial charge on any atom is 0.248 e. The van der Waals surface area contributed by atoms with Crippen LogP contribution < -0.4 is 20.3 Å². The Morgan fingerprint density at radius 1 is 0.952 bits per heavy atom. The molecule has 0 unspecified atom stereocenters. The number of rotatable bonds is 12. The van der Waals surface area contributed by atoms with Crippen LogP contribution in [-0.4, -0.2) is 35.4 Å². The predicted octanol–water partition coefficient (Wildman–Crippen LogP) is 6.43. The Bertz CT molecular complexity index is 1340. The summed E-state index contributed by atoms with van der Waals surface area (Å²) >= 11 is 0. The van der Waals surface area contributed by atoms with Gasteiger partial charge in [0.15, 0.2) is 0 Å². The third-order valence-corrected chi connectivity index (χ3v) is 7.73. The number of aromatic nitrogens is 1. The summed E-state index contributed by atoms with van der Waals surface area (Å²) < 4.78 is 5.64. The lowest BCUT2D eigenvalue weighted by atomic mass is 9.94. The minimum absolute atomic E-state index is 0.0865. The molecular weight excluding hydrogens is 528 g/mol. The maximum atomic E-state index is 14.1. The van der Waals surface area contributed by atoms with Crippen LogP contribution in [0.3, 0.4) is 0 Å². The normalized spacial score (nSPS) is 14.1. The van der Waals surface area contributed by atoms with E-state index in [0.717, 1.165) is 36.8 Å². The van der Waals surface area contributed by atoms with Gasteiger partial charge in [-0.1, -0.05) is 43.5 Å². The van der Waals surface area contributed by atoms with Crippen LogP contribution in [0.25, 0.3) is 0 Å². The summed E-state index contributed by atoms with van der Waals surface area (Å²) in [5.41, 5.74) is 3.48. The fourth-order valence-electron chi connectivity index (χ4n) is 5.33. The summed E-state index contributed by atoms with van der Waals surface area (Å²) in [5, 5.41) is 6.02. The molecule has 222 valence electrons. The van der Waals surface area contributed by atoms with Gasteiger partial charge in [0.1, 0.15) is 17.6 Å². The molecule has 1 saturated carbocycles. The lowest BCUT2D eigenvalue weighted by molar-refractivity contribution is -0.127. The van der Waals surface area contributed by atoms with Gasteiger partial charge in [0.05, 0.1) is 6.61 Å². The van der Waals surface area contributed by atoms with Crippen molar-refractivity contribution in [3.05, 3.63) is 83.6 Å². The molecule has 1 aliphatic rings. The molecule has 2 aromatic carbocycles. The SMILES string of the molecule is CCOc1ccc([C@@H](C(=O)NC2CCCCC2)N(C(=O)CCCC(=O)Nc2ccccn2)c2ccc(C)c(C)c2)cc1. The molecule has 4 rings (SSSR count). The van der Waals surface area contributed by atoms with Crippen molar-refractivity contribution >= 4 is 29.2 Å². The first-order valence-electron chi connectivity index (χ1n) is 15.0. The zero-order chi connectivity index (χ0) is 29.9. The fourth-order valence-corrected chi connectivity index (χ4v) is 5.33. The molecule has 0 radical (unpaired) electrons. The highest BCUT2D eigenvalue weighted by atomic mass is 16.5. The number of benzene rings is 2. The minimum Gasteiger partial charge on any atom is -0.494 e. The van der Waals surface area contributed by atoms with E-state index < -0.39 is 6.04 Å². The van der Waals surface area contributed by atoms with E-state index in [-0.39, 0.29) is 36.6 Å². The third kappa shape index (κ3) is 8.41. The van der Waals surface area contributed by atoms with Gasteiger partial charge >= 0.3 is 0 Å². The molecule has 3 amide bonds. The van der Waals surface area contributed by atoms with Gasteiger partial charge in [-0.3, -0.25) is 19.3 Å². The van der Waals surface area contributed by atoms with Crippen LogP contribution >= 0.6 is 0 Å². The van der Waals surface area contributed by atoms with Crippen molar-refractivity contribution in [2.75, 3.05) is 16.8 Å². The van der Waals surface area contributed by atoms with E-state index in [4.69, 9.17) is 4.74 Å².